The molecule has 1 aliphatic carbocycles. The van der Waals surface area contributed by atoms with Crippen LogP contribution >= 0.6 is 0 Å². The summed E-state index contributed by atoms with van der Waals surface area (Å²) < 4.78 is 29.4. The van der Waals surface area contributed by atoms with Crippen LogP contribution in [0.5, 0.6) is 11.5 Å². The van der Waals surface area contributed by atoms with Crippen LogP contribution in [0.2, 0.25) is 0 Å². The highest BCUT2D eigenvalue weighted by molar-refractivity contribution is 5.44. The lowest BCUT2D eigenvalue weighted by atomic mass is 10.2. The van der Waals surface area contributed by atoms with E-state index in [1.807, 2.05) is 18.2 Å². The standard InChI is InChI=1S/C21H24FNO4/c22-17-4-1-15(2-5-17)10-23(18-6-7-18)11-19(24)13-25-12-16-3-8-20-21(9-16)27-14-26-20/h1-5,8-9,18-19,24H,6-7,10-14H2. The molecule has 1 fully saturated rings. The van der Waals surface area contributed by atoms with Crippen LogP contribution in [-0.2, 0) is 17.9 Å². The second kappa shape index (κ2) is 8.25. The van der Waals surface area contributed by atoms with Gasteiger partial charge in [-0.3, -0.25) is 4.90 Å². The van der Waals surface area contributed by atoms with E-state index < -0.39 is 6.10 Å². The van der Waals surface area contributed by atoms with E-state index in [2.05, 4.69) is 4.90 Å². The summed E-state index contributed by atoms with van der Waals surface area (Å²) in [6, 6.07) is 12.8. The Morgan fingerprint density at radius 3 is 2.59 bits per heavy atom. The molecule has 1 heterocycles. The van der Waals surface area contributed by atoms with Gasteiger partial charge in [-0.1, -0.05) is 18.2 Å². The van der Waals surface area contributed by atoms with E-state index in [4.69, 9.17) is 14.2 Å². The van der Waals surface area contributed by atoms with E-state index in [9.17, 15) is 9.50 Å². The molecule has 1 unspecified atom stereocenters. The van der Waals surface area contributed by atoms with Crippen LogP contribution in [0.1, 0.15) is 24.0 Å². The van der Waals surface area contributed by atoms with Crippen molar-refractivity contribution in [2.45, 2.75) is 38.1 Å². The van der Waals surface area contributed by atoms with Crippen molar-refractivity contribution in [3.05, 3.63) is 59.4 Å². The largest absolute Gasteiger partial charge is 0.454 e. The van der Waals surface area contributed by atoms with E-state index >= 15 is 0 Å². The van der Waals surface area contributed by atoms with Gasteiger partial charge in [0.25, 0.3) is 0 Å². The molecule has 2 aromatic rings. The second-order valence-electron chi connectivity index (χ2n) is 7.14. The molecule has 2 aliphatic rings. The first-order valence-corrected chi connectivity index (χ1v) is 9.30. The van der Waals surface area contributed by atoms with Crippen molar-refractivity contribution in [1.29, 1.82) is 0 Å². The fourth-order valence-corrected chi connectivity index (χ4v) is 3.27. The lowest BCUT2D eigenvalue weighted by molar-refractivity contribution is 0.00702. The zero-order valence-electron chi connectivity index (χ0n) is 15.1. The molecule has 0 saturated heterocycles. The first-order chi connectivity index (χ1) is 13.2. The van der Waals surface area contributed by atoms with Gasteiger partial charge < -0.3 is 19.3 Å². The summed E-state index contributed by atoms with van der Waals surface area (Å²) >= 11 is 0. The number of benzene rings is 2. The van der Waals surface area contributed by atoms with Gasteiger partial charge in [0.05, 0.1) is 19.3 Å². The highest BCUT2D eigenvalue weighted by Crippen LogP contribution is 2.32. The SMILES string of the molecule is OC(COCc1ccc2c(c1)OCO2)CN(Cc1ccc(F)cc1)C1CC1. The number of aliphatic hydroxyl groups is 1. The molecular formula is C21H24FNO4. The Labute approximate surface area is 158 Å². The van der Waals surface area contributed by atoms with Crippen LogP contribution in [-0.4, -0.2) is 42.1 Å². The molecule has 2 aromatic carbocycles. The number of nitrogens with zero attached hydrogens (tertiary/aromatic N) is 1. The number of hydrogen-bond acceptors (Lipinski definition) is 5. The predicted molar refractivity (Wildman–Crippen MR) is 98.1 cm³/mol. The molecule has 1 saturated carbocycles. The van der Waals surface area contributed by atoms with Crippen molar-refractivity contribution in [3.8, 4) is 11.5 Å². The van der Waals surface area contributed by atoms with Crippen molar-refractivity contribution in [3.63, 3.8) is 0 Å². The third-order valence-corrected chi connectivity index (χ3v) is 4.82. The molecule has 0 aromatic heterocycles. The Kier molecular flexibility index (Phi) is 5.57. The Bertz CT molecular complexity index is 763. The molecule has 6 heteroatoms. The topological polar surface area (TPSA) is 51.2 Å². The maximum absolute atomic E-state index is 13.1. The summed E-state index contributed by atoms with van der Waals surface area (Å²) in [4.78, 5) is 2.25. The van der Waals surface area contributed by atoms with Crippen LogP contribution in [0.3, 0.4) is 0 Å². The monoisotopic (exact) mass is 373 g/mol. The molecule has 0 radical (unpaired) electrons. The summed E-state index contributed by atoms with van der Waals surface area (Å²) in [7, 11) is 0. The van der Waals surface area contributed by atoms with Crippen molar-refractivity contribution < 1.29 is 23.7 Å². The second-order valence-corrected chi connectivity index (χ2v) is 7.14. The van der Waals surface area contributed by atoms with Gasteiger partial charge in [-0.2, -0.15) is 0 Å². The number of halogens is 1. The van der Waals surface area contributed by atoms with Crippen molar-refractivity contribution in [1.82, 2.24) is 4.90 Å². The maximum atomic E-state index is 13.1. The van der Waals surface area contributed by atoms with Crippen molar-refractivity contribution in [2.75, 3.05) is 19.9 Å². The minimum Gasteiger partial charge on any atom is -0.454 e. The van der Waals surface area contributed by atoms with Gasteiger partial charge in [0.15, 0.2) is 11.5 Å². The Hall–Kier alpha value is -2.15. The fraction of sp³-hybridized carbons (Fsp3) is 0.429. The average molecular weight is 373 g/mol. The fourth-order valence-electron chi connectivity index (χ4n) is 3.27. The van der Waals surface area contributed by atoms with Gasteiger partial charge in [0.1, 0.15) is 5.82 Å². The first-order valence-electron chi connectivity index (χ1n) is 9.30. The maximum Gasteiger partial charge on any atom is 0.231 e. The first kappa shape index (κ1) is 18.2. The van der Waals surface area contributed by atoms with Gasteiger partial charge in [0, 0.05) is 19.1 Å². The molecule has 27 heavy (non-hydrogen) atoms. The molecule has 4 rings (SSSR count). The predicted octanol–water partition coefficient (Wildman–Crippen LogP) is 3.10. The molecule has 1 aliphatic heterocycles. The van der Waals surface area contributed by atoms with Crippen LogP contribution < -0.4 is 9.47 Å². The number of hydrogen-bond donors (Lipinski definition) is 1. The summed E-state index contributed by atoms with van der Waals surface area (Å²) in [5, 5.41) is 10.4. The zero-order chi connectivity index (χ0) is 18.6. The Balaban J connectivity index is 1.24. The van der Waals surface area contributed by atoms with Gasteiger partial charge >= 0.3 is 0 Å². The molecule has 1 atom stereocenters. The third kappa shape index (κ3) is 4.97. The average Bonchev–Trinajstić information content (AvgIpc) is 3.41. The van der Waals surface area contributed by atoms with E-state index in [-0.39, 0.29) is 19.2 Å². The zero-order valence-corrected chi connectivity index (χ0v) is 15.1. The summed E-state index contributed by atoms with van der Waals surface area (Å²) in [5.41, 5.74) is 2.04. The number of ether oxygens (including phenoxy) is 3. The number of aliphatic hydroxyl groups excluding tert-OH is 1. The molecule has 0 spiro atoms. The van der Waals surface area contributed by atoms with E-state index in [0.717, 1.165) is 35.5 Å². The van der Waals surface area contributed by atoms with E-state index in [1.54, 1.807) is 12.1 Å². The lowest BCUT2D eigenvalue weighted by Crippen LogP contribution is -2.36. The highest BCUT2D eigenvalue weighted by Gasteiger charge is 2.30. The van der Waals surface area contributed by atoms with Crippen LogP contribution in [0.25, 0.3) is 0 Å². The molecule has 0 bridgehead atoms. The van der Waals surface area contributed by atoms with Crippen molar-refractivity contribution in [2.24, 2.45) is 0 Å². The highest BCUT2D eigenvalue weighted by atomic mass is 19.1. The molecule has 5 nitrogen and oxygen atoms in total. The lowest BCUT2D eigenvalue weighted by Gasteiger charge is -2.25. The molecular weight excluding hydrogens is 349 g/mol. The van der Waals surface area contributed by atoms with Crippen LogP contribution in [0, 0.1) is 5.82 Å². The van der Waals surface area contributed by atoms with Gasteiger partial charge in [0.2, 0.25) is 6.79 Å². The summed E-state index contributed by atoms with van der Waals surface area (Å²) in [6.45, 7) is 2.19. The van der Waals surface area contributed by atoms with Crippen LogP contribution in [0.15, 0.2) is 42.5 Å². The summed E-state index contributed by atoms with van der Waals surface area (Å²) in [5.74, 6) is 1.25. The Morgan fingerprint density at radius 1 is 1.07 bits per heavy atom. The molecule has 144 valence electrons. The van der Waals surface area contributed by atoms with E-state index in [0.29, 0.717) is 25.7 Å². The number of fused-ring (bicyclic) bond motifs is 1. The van der Waals surface area contributed by atoms with Gasteiger partial charge in [-0.15, -0.1) is 0 Å². The van der Waals surface area contributed by atoms with Crippen LogP contribution in [0.4, 0.5) is 4.39 Å². The van der Waals surface area contributed by atoms with Gasteiger partial charge in [-0.25, -0.2) is 4.39 Å². The van der Waals surface area contributed by atoms with Crippen molar-refractivity contribution >= 4 is 0 Å². The van der Waals surface area contributed by atoms with E-state index in [1.165, 1.54) is 12.1 Å². The third-order valence-electron chi connectivity index (χ3n) is 4.82. The smallest absolute Gasteiger partial charge is 0.231 e. The summed E-state index contributed by atoms with van der Waals surface area (Å²) in [6.07, 6.45) is 1.72. The molecule has 0 amide bonds. The van der Waals surface area contributed by atoms with Gasteiger partial charge in [-0.05, 0) is 48.2 Å². The minimum atomic E-state index is -0.569. The molecule has 1 N–H and O–H groups in total. The number of rotatable bonds is 9. The normalized spacial score (nSPS) is 16.7. The minimum absolute atomic E-state index is 0.228. The Morgan fingerprint density at radius 2 is 1.81 bits per heavy atom. The quantitative estimate of drug-likeness (QED) is 0.732.